The summed E-state index contributed by atoms with van der Waals surface area (Å²) in [4.78, 5) is 14.3. The van der Waals surface area contributed by atoms with E-state index in [1.165, 1.54) is 0 Å². The Morgan fingerprint density at radius 2 is 1.80 bits per heavy atom. The molecule has 134 valence electrons. The second-order valence-corrected chi connectivity index (χ2v) is 7.67. The highest BCUT2D eigenvalue weighted by Crippen LogP contribution is 2.18. The number of rotatable bonds is 7. The maximum absolute atomic E-state index is 12.3. The number of para-hydroxylation sites is 1. The lowest BCUT2D eigenvalue weighted by Crippen LogP contribution is -2.33. The van der Waals surface area contributed by atoms with E-state index in [4.69, 9.17) is 0 Å². The third kappa shape index (κ3) is 5.79. The van der Waals surface area contributed by atoms with E-state index < -0.39 is 10.0 Å². The van der Waals surface area contributed by atoms with Gasteiger partial charge in [-0.2, -0.15) is 0 Å². The van der Waals surface area contributed by atoms with Crippen molar-refractivity contribution in [2.24, 2.45) is 0 Å². The molecule has 0 aromatic heterocycles. The predicted molar refractivity (Wildman–Crippen MR) is 102 cm³/mol. The Labute approximate surface area is 148 Å². The Bertz CT molecular complexity index is 836. The summed E-state index contributed by atoms with van der Waals surface area (Å²) in [6.45, 7) is 2.92. The third-order valence-electron chi connectivity index (χ3n) is 3.72. The fraction of sp³-hybridized carbons (Fsp3) is 0.278. The molecule has 25 heavy (non-hydrogen) atoms. The van der Waals surface area contributed by atoms with Crippen LogP contribution in [0.1, 0.15) is 15.9 Å². The number of aryl methyl sites for hydroxylation is 1. The van der Waals surface area contributed by atoms with Crippen molar-refractivity contribution in [2.75, 3.05) is 36.0 Å². The van der Waals surface area contributed by atoms with Crippen LogP contribution in [-0.2, 0) is 10.0 Å². The molecule has 7 heteroatoms. The highest BCUT2D eigenvalue weighted by Gasteiger charge is 2.11. The van der Waals surface area contributed by atoms with Crippen molar-refractivity contribution in [1.29, 1.82) is 0 Å². The molecule has 0 fully saturated rings. The topological polar surface area (TPSA) is 78.5 Å². The monoisotopic (exact) mass is 361 g/mol. The van der Waals surface area contributed by atoms with Crippen molar-refractivity contribution >= 4 is 27.3 Å². The SMILES string of the molecule is Cc1ccc(C(=O)NCCN(C)c2ccccc2)cc1NS(C)(=O)=O. The van der Waals surface area contributed by atoms with E-state index in [-0.39, 0.29) is 5.91 Å². The molecule has 0 saturated carbocycles. The predicted octanol–water partition coefficient (Wildman–Crippen LogP) is 2.23. The minimum absolute atomic E-state index is 0.238. The molecular weight excluding hydrogens is 338 g/mol. The molecule has 2 N–H and O–H groups in total. The molecule has 0 aliphatic heterocycles. The number of hydrogen-bond donors (Lipinski definition) is 2. The first kappa shape index (κ1) is 18.8. The summed E-state index contributed by atoms with van der Waals surface area (Å²) in [7, 11) is -1.43. The van der Waals surface area contributed by atoms with Gasteiger partial charge in [-0.3, -0.25) is 9.52 Å². The van der Waals surface area contributed by atoms with Gasteiger partial charge in [0.1, 0.15) is 0 Å². The highest BCUT2D eigenvalue weighted by atomic mass is 32.2. The zero-order valence-corrected chi connectivity index (χ0v) is 15.4. The first-order chi connectivity index (χ1) is 11.8. The average molecular weight is 361 g/mol. The van der Waals surface area contributed by atoms with Crippen LogP contribution in [0.3, 0.4) is 0 Å². The normalized spacial score (nSPS) is 11.0. The van der Waals surface area contributed by atoms with Gasteiger partial charge in [0, 0.05) is 31.4 Å². The maximum atomic E-state index is 12.3. The molecule has 0 atom stereocenters. The molecule has 0 radical (unpaired) electrons. The highest BCUT2D eigenvalue weighted by molar-refractivity contribution is 7.92. The third-order valence-corrected chi connectivity index (χ3v) is 4.32. The largest absolute Gasteiger partial charge is 0.373 e. The quantitative estimate of drug-likeness (QED) is 0.793. The van der Waals surface area contributed by atoms with Crippen LogP contribution in [0.25, 0.3) is 0 Å². The lowest BCUT2D eigenvalue weighted by molar-refractivity contribution is 0.0954. The number of benzene rings is 2. The van der Waals surface area contributed by atoms with E-state index in [2.05, 4.69) is 10.0 Å². The Morgan fingerprint density at radius 3 is 2.44 bits per heavy atom. The van der Waals surface area contributed by atoms with Crippen molar-refractivity contribution in [1.82, 2.24) is 5.32 Å². The molecule has 0 bridgehead atoms. The van der Waals surface area contributed by atoms with Crippen molar-refractivity contribution in [2.45, 2.75) is 6.92 Å². The van der Waals surface area contributed by atoms with Crippen LogP contribution < -0.4 is 14.9 Å². The summed E-state index contributed by atoms with van der Waals surface area (Å²) >= 11 is 0. The van der Waals surface area contributed by atoms with Gasteiger partial charge in [-0.15, -0.1) is 0 Å². The fourth-order valence-electron chi connectivity index (χ4n) is 2.32. The number of nitrogens with zero attached hydrogens (tertiary/aromatic N) is 1. The summed E-state index contributed by atoms with van der Waals surface area (Å²) in [5.41, 5.74) is 2.66. The molecule has 1 amide bonds. The number of carbonyl (C=O) groups is 1. The molecule has 0 aliphatic carbocycles. The van der Waals surface area contributed by atoms with Gasteiger partial charge in [0.15, 0.2) is 0 Å². The van der Waals surface area contributed by atoms with Gasteiger partial charge in [0.05, 0.1) is 11.9 Å². The van der Waals surface area contributed by atoms with Crippen molar-refractivity contribution < 1.29 is 13.2 Å². The number of sulfonamides is 1. The smallest absolute Gasteiger partial charge is 0.251 e. The molecule has 2 aromatic rings. The first-order valence-corrected chi connectivity index (χ1v) is 9.78. The van der Waals surface area contributed by atoms with Gasteiger partial charge in [0.25, 0.3) is 5.91 Å². The Hall–Kier alpha value is -2.54. The van der Waals surface area contributed by atoms with Crippen LogP contribution in [0.4, 0.5) is 11.4 Å². The lowest BCUT2D eigenvalue weighted by Gasteiger charge is -2.19. The Balaban J connectivity index is 1.96. The van der Waals surface area contributed by atoms with Crippen molar-refractivity contribution in [3.05, 3.63) is 59.7 Å². The second kappa shape index (κ2) is 8.02. The van der Waals surface area contributed by atoms with Crippen molar-refractivity contribution in [3.8, 4) is 0 Å². The van der Waals surface area contributed by atoms with E-state index in [1.54, 1.807) is 25.1 Å². The minimum Gasteiger partial charge on any atom is -0.373 e. The van der Waals surface area contributed by atoms with E-state index in [0.29, 0.717) is 24.3 Å². The van der Waals surface area contributed by atoms with Crippen LogP contribution in [0, 0.1) is 6.92 Å². The summed E-state index contributed by atoms with van der Waals surface area (Å²) < 4.78 is 25.2. The standard InChI is InChI=1S/C18H23N3O3S/c1-14-9-10-15(13-17(14)20-25(3,23)24)18(22)19-11-12-21(2)16-7-5-4-6-8-16/h4-10,13,20H,11-12H2,1-3H3,(H,19,22). The lowest BCUT2D eigenvalue weighted by atomic mass is 10.1. The number of carbonyl (C=O) groups excluding carboxylic acids is 1. The molecule has 0 heterocycles. The molecule has 2 aromatic carbocycles. The van der Waals surface area contributed by atoms with Crippen LogP contribution >= 0.6 is 0 Å². The molecule has 0 spiro atoms. The molecule has 2 rings (SSSR count). The van der Waals surface area contributed by atoms with Gasteiger partial charge in [-0.25, -0.2) is 8.42 Å². The first-order valence-electron chi connectivity index (χ1n) is 7.89. The van der Waals surface area contributed by atoms with Gasteiger partial charge in [0.2, 0.25) is 10.0 Å². The van der Waals surface area contributed by atoms with Crippen LogP contribution in [0.15, 0.2) is 48.5 Å². The summed E-state index contributed by atoms with van der Waals surface area (Å²) in [6, 6.07) is 14.8. The van der Waals surface area contributed by atoms with Crippen LogP contribution in [0.2, 0.25) is 0 Å². The summed E-state index contributed by atoms with van der Waals surface area (Å²) in [5, 5.41) is 2.85. The van der Waals surface area contributed by atoms with E-state index in [9.17, 15) is 13.2 Å². The Morgan fingerprint density at radius 1 is 1.12 bits per heavy atom. The molecule has 6 nitrogen and oxygen atoms in total. The van der Waals surface area contributed by atoms with Crippen LogP contribution in [0.5, 0.6) is 0 Å². The van der Waals surface area contributed by atoms with E-state index in [1.807, 2.05) is 42.3 Å². The summed E-state index contributed by atoms with van der Waals surface area (Å²) in [6.07, 6.45) is 1.08. The van der Waals surface area contributed by atoms with Gasteiger partial charge in [-0.1, -0.05) is 24.3 Å². The molecule has 0 aliphatic rings. The van der Waals surface area contributed by atoms with E-state index in [0.717, 1.165) is 17.5 Å². The minimum atomic E-state index is -3.39. The summed E-state index contributed by atoms with van der Waals surface area (Å²) in [5.74, 6) is -0.238. The maximum Gasteiger partial charge on any atom is 0.251 e. The number of hydrogen-bond acceptors (Lipinski definition) is 4. The van der Waals surface area contributed by atoms with Gasteiger partial charge >= 0.3 is 0 Å². The molecular formula is C18H23N3O3S. The molecule has 0 unspecified atom stereocenters. The second-order valence-electron chi connectivity index (χ2n) is 5.92. The number of likely N-dealkylation sites (N-methyl/N-ethyl adjacent to an activating group) is 1. The number of anilines is 2. The number of amides is 1. The Kier molecular flexibility index (Phi) is 6.03. The van der Waals surface area contributed by atoms with Gasteiger partial charge in [-0.05, 0) is 36.8 Å². The number of nitrogens with one attached hydrogen (secondary N) is 2. The van der Waals surface area contributed by atoms with Crippen LogP contribution in [-0.4, -0.2) is 40.7 Å². The molecule has 0 saturated heterocycles. The van der Waals surface area contributed by atoms with Gasteiger partial charge < -0.3 is 10.2 Å². The van der Waals surface area contributed by atoms with E-state index >= 15 is 0 Å². The zero-order chi connectivity index (χ0) is 18.4. The average Bonchev–Trinajstić information content (AvgIpc) is 2.56. The van der Waals surface area contributed by atoms with Crippen molar-refractivity contribution in [3.63, 3.8) is 0 Å². The fourth-order valence-corrected chi connectivity index (χ4v) is 2.94. The zero-order valence-electron chi connectivity index (χ0n) is 14.6.